The Balaban J connectivity index is 1.56. The van der Waals surface area contributed by atoms with Gasteiger partial charge < -0.3 is 9.64 Å². The molecular formula is C18H24N4O2. The topological polar surface area (TPSA) is 59.7 Å². The van der Waals surface area contributed by atoms with Crippen LogP contribution in [0.1, 0.15) is 49.5 Å². The van der Waals surface area contributed by atoms with E-state index in [0.717, 1.165) is 25.9 Å². The van der Waals surface area contributed by atoms with Crippen LogP contribution in [0.4, 0.5) is 0 Å². The van der Waals surface area contributed by atoms with Crippen molar-refractivity contribution in [1.82, 2.24) is 19.3 Å². The third-order valence-corrected chi connectivity index (χ3v) is 5.89. The number of imidazole rings is 1. The molecule has 2 saturated carbocycles. The third-order valence-electron chi connectivity index (χ3n) is 5.89. The predicted octanol–water partition coefficient (Wildman–Crippen LogP) is 2.54. The van der Waals surface area contributed by atoms with Crippen molar-refractivity contribution in [1.29, 1.82) is 0 Å². The predicted molar refractivity (Wildman–Crippen MR) is 89.8 cm³/mol. The molecule has 0 radical (unpaired) electrons. The van der Waals surface area contributed by atoms with Crippen molar-refractivity contribution in [3.63, 3.8) is 0 Å². The molecule has 0 aliphatic heterocycles. The number of rotatable bonds is 4. The molecule has 0 unspecified atom stereocenters. The molecule has 2 aromatic heterocycles. The first-order valence-corrected chi connectivity index (χ1v) is 8.84. The van der Waals surface area contributed by atoms with E-state index in [1.807, 2.05) is 24.2 Å². The molecule has 2 heterocycles. The van der Waals surface area contributed by atoms with Crippen molar-refractivity contribution in [2.75, 3.05) is 13.7 Å². The highest BCUT2D eigenvalue weighted by molar-refractivity contribution is 5.93. The third kappa shape index (κ3) is 2.24. The van der Waals surface area contributed by atoms with Gasteiger partial charge in [0.25, 0.3) is 5.91 Å². The maximum Gasteiger partial charge on any atom is 0.274 e. The molecule has 6 nitrogen and oxygen atoms in total. The van der Waals surface area contributed by atoms with Gasteiger partial charge in [0.15, 0.2) is 0 Å². The van der Waals surface area contributed by atoms with Crippen LogP contribution in [0.2, 0.25) is 0 Å². The zero-order valence-corrected chi connectivity index (χ0v) is 14.3. The van der Waals surface area contributed by atoms with E-state index in [4.69, 9.17) is 4.74 Å². The lowest BCUT2D eigenvalue weighted by Gasteiger charge is -2.56. The molecule has 2 aliphatic rings. The molecule has 1 spiro atoms. The van der Waals surface area contributed by atoms with Crippen molar-refractivity contribution in [3.8, 4) is 0 Å². The van der Waals surface area contributed by atoms with E-state index in [1.54, 1.807) is 16.8 Å². The Morgan fingerprint density at radius 3 is 2.96 bits per heavy atom. The van der Waals surface area contributed by atoms with Gasteiger partial charge in [-0.2, -0.15) is 0 Å². The van der Waals surface area contributed by atoms with Crippen LogP contribution in [0.15, 0.2) is 24.7 Å². The number of hydrogen-bond donors (Lipinski definition) is 0. The van der Waals surface area contributed by atoms with Gasteiger partial charge in [-0.05, 0) is 32.3 Å². The first-order valence-electron chi connectivity index (χ1n) is 8.84. The average molecular weight is 328 g/mol. The fraction of sp³-hybridized carbons (Fsp3) is 0.611. The molecule has 0 N–H and O–H groups in total. The number of hydrogen-bond acceptors (Lipinski definition) is 4. The summed E-state index contributed by atoms with van der Waals surface area (Å²) in [6.07, 6.45) is 11.3. The Hall–Kier alpha value is -1.95. The van der Waals surface area contributed by atoms with Crippen molar-refractivity contribution in [3.05, 3.63) is 30.4 Å². The second-order valence-corrected chi connectivity index (χ2v) is 7.00. The Labute approximate surface area is 141 Å². The standard InChI is InChI=1S/C18H24N4O2/c1-3-24-15-11-14(18(15)7-4-5-8-18)21(2)16(23)13-12-22-10-6-9-19-17(22)20-13/h6,9-10,12,14-15H,3-5,7-8,11H2,1-2H3/t14-,15+/m0/s1. The summed E-state index contributed by atoms with van der Waals surface area (Å²) in [7, 11) is 1.91. The molecule has 2 atom stereocenters. The molecular weight excluding hydrogens is 304 g/mol. The summed E-state index contributed by atoms with van der Waals surface area (Å²) in [5.74, 6) is 0.539. The van der Waals surface area contributed by atoms with Crippen LogP contribution in [0, 0.1) is 5.41 Å². The summed E-state index contributed by atoms with van der Waals surface area (Å²) < 4.78 is 7.75. The zero-order chi connectivity index (χ0) is 16.7. The molecule has 24 heavy (non-hydrogen) atoms. The monoisotopic (exact) mass is 328 g/mol. The molecule has 0 bridgehead atoms. The quantitative estimate of drug-likeness (QED) is 0.865. The molecule has 0 aromatic carbocycles. The minimum atomic E-state index is -0.0216. The van der Waals surface area contributed by atoms with Gasteiger partial charge in [0.1, 0.15) is 5.69 Å². The SMILES string of the molecule is CCO[C@@H]1C[C@H](N(C)C(=O)c2cn3cccnc3n2)C12CCCC2. The second kappa shape index (κ2) is 5.84. The largest absolute Gasteiger partial charge is 0.378 e. The lowest BCUT2D eigenvalue weighted by Crippen LogP contribution is -2.64. The molecule has 4 rings (SSSR count). The molecule has 128 valence electrons. The van der Waals surface area contributed by atoms with Crippen molar-refractivity contribution < 1.29 is 9.53 Å². The van der Waals surface area contributed by atoms with E-state index < -0.39 is 0 Å². The number of amides is 1. The first-order chi connectivity index (χ1) is 11.7. The Morgan fingerprint density at radius 2 is 2.25 bits per heavy atom. The Kier molecular flexibility index (Phi) is 3.79. The number of carbonyl (C=O) groups is 1. The van der Waals surface area contributed by atoms with Gasteiger partial charge in [-0.3, -0.25) is 9.20 Å². The normalized spacial score (nSPS) is 25.1. The Morgan fingerprint density at radius 1 is 1.46 bits per heavy atom. The van der Waals surface area contributed by atoms with E-state index in [-0.39, 0.29) is 17.4 Å². The summed E-state index contributed by atoms with van der Waals surface area (Å²) in [6.45, 7) is 2.80. The van der Waals surface area contributed by atoms with Crippen molar-refractivity contribution in [2.45, 2.75) is 51.2 Å². The fourth-order valence-electron chi connectivity index (χ4n) is 4.65. The highest BCUT2D eigenvalue weighted by atomic mass is 16.5. The molecule has 1 amide bonds. The van der Waals surface area contributed by atoms with E-state index in [1.165, 1.54) is 12.8 Å². The second-order valence-electron chi connectivity index (χ2n) is 7.00. The van der Waals surface area contributed by atoms with Gasteiger partial charge in [-0.15, -0.1) is 0 Å². The van der Waals surface area contributed by atoms with Gasteiger partial charge in [-0.1, -0.05) is 12.8 Å². The highest BCUT2D eigenvalue weighted by Gasteiger charge is 2.58. The molecule has 2 aromatic rings. The number of fused-ring (bicyclic) bond motifs is 1. The van der Waals surface area contributed by atoms with Crippen molar-refractivity contribution in [2.24, 2.45) is 5.41 Å². The zero-order valence-electron chi connectivity index (χ0n) is 14.3. The van der Waals surface area contributed by atoms with Gasteiger partial charge in [0.2, 0.25) is 5.78 Å². The summed E-state index contributed by atoms with van der Waals surface area (Å²) in [5, 5.41) is 0. The van der Waals surface area contributed by atoms with Crippen LogP contribution < -0.4 is 0 Å². The lowest BCUT2D eigenvalue weighted by atomic mass is 9.60. The summed E-state index contributed by atoms with van der Waals surface area (Å²) in [6, 6.07) is 2.08. The average Bonchev–Trinajstić information content (AvgIpc) is 3.25. The van der Waals surface area contributed by atoms with Crippen molar-refractivity contribution >= 4 is 11.7 Å². The van der Waals surface area contributed by atoms with E-state index in [0.29, 0.717) is 17.6 Å². The molecule has 0 saturated heterocycles. The number of aromatic nitrogens is 3. The maximum atomic E-state index is 12.9. The smallest absolute Gasteiger partial charge is 0.274 e. The summed E-state index contributed by atoms with van der Waals surface area (Å²) in [4.78, 5) is 23.4. The maximum absolute atomic E-state index is 12.9. The molecule has 2 fully saturated rings. The summed E-state index contributed by atoms with van der Waals surface area (Å²) >= 11 is 0. The fourth-order valence-corrected chi connectivity index (χ4v) is 4.65. The van der Waals surface area contributed by atoms with Gasteiger partial charge in [-0.25, -0.2) is 9.97 Å². The van der Waals surface area contributed by atoms with Crippen LogP contribution in [0.25, 0.3) is 5.78 Å². The van der Waals surface area contributed by atoms with E-state index in [2.05, 4.69) is 16.9 Å². The van der Waals surface area contributed by atoms with E-state index >= 15 is 0 Å². The van der Waals surface area contributed by atoms with Crippen LogP contribution in [0.3, 0.4) is 0 Å². The number of carbonyl (C=O) groups excluding carboxylic acids is 1. The van der Waals surface area contributed by atoms with Crippen LogP contribution in [-0.2, 0) is 4.74 Å². The highest BCUT2D eigenvalue weighted by Crippen LogP contribution is 2.56. The first kappa shape index (κ1) is 15.6. The van der Waals surface area contributed by atoms with Gasteiger partial charge in [0.05, 0.1) is 6.10 Å². The Bertz CT molecular complexity index is 717. The van der Waals surface area contributed by atoms with Gasteiger partial charge >= 0.3 is 0 Å². The van der Waals surface area contributed by atoms with Crippen LogP contribution in [0.5, 0.6) is 0 Å². The molecule has 2 aliphatic carbocycles. The minimum absolute atomic E-state index is 0.0216. The van der Waals surface area contributed by atoms with Crippen LogP contribution in [-0.4, -0.2) is 51.0 Å². The minimum Gasteiger partial charge on any atom is -0.378 e. The lowest BCUT2D eigenvalue weighted by molar-refractivity contribution is -0.152. The molecule has 6 heteroatoms. The number of ether oxygens (including phenoxy) is 1. The van der Waals surface area contributed by atoms with E-state index in [9.17, 15) is 4.79 Å². The van der Waals surface area contributed by atoms with Crippen LogP contribution >= 0.6 is 0 Å². The van der Waals surface area contributed by atoms with Gasteiger partial charge in [0, 0.05) is 43.7 Å². The number of nitrogens with zero attached hydrogens (tertiary/aromatic N) is 4. The summed E-state index contributed by atoms with van der Waals surface area (Å²) in [5.41, 5.74) is 0.613.